The Kier molecular flexibility index (Phi) is 4.74. The van der Waals surface area contributed by atoms with E-state index in [1.54, 1.807) is 0 Å². The van der Waals surface area contributed by atoms with Gasteiger partial charge in [-0.2, -0.15) is 4.98 Å². The predicted molar refractivity (Wildman–Crippen MR) is 106 cm³/mol. The van der Waals surface area contributed by atoms with E-state index in [4.69, 9.17) is 27.9 Å². The lowest BCUT2D eigenvalue weighted by Gasteiger charge is -2.11. The molecule has 5 heteroatoms. The Hall–Kier alpha value is -2.62. The molecule has 1 heterocycles. The summed E-state index contributed by atoms with van der Waals surface area (Å²) in [5.41, 5.74) is 2.46. The van der Waals surface area contributed by atoms with Gasteiger partial charge in [-0.3, -0.25) is 0 Å². The maximum Gasteiger partial charge on any atom is 0.225 e. The van der Waals surface area contributed by atoms with E-state index in [2.05, 4.69) is 9.97 Å². The SMILES string of the molecule is Clc1ccccc1COc1nc(-c2ccccc2Cl)nc2ccccc12. The van der Waals surface area contributed by atoms with E-state index >= 15 is 0 Å². The van der Waals surface area contributed by atoms with Crippen molar-refractivity contribution in [3.05, 3.63) is 88.4 Å². The topological polar surface area (TPSA) is 35.0 Å². The van der Waals surface area contributed by atoms with Crippen molar-refractivity contribution in [1.29, 1.82) is 0 Å². The van der Waals surface area contributed by atoms with Gasteiger partial charge >= 0.3 is 0 Å². The Morgan fingerprint density at radius 1 is 0.731 bits per heavy atom. The average molecular weight is 381 g/mol. The molecule has 1 aromatic heterocycles. The number of para-hydroxylation sites is 1. The van der Waals surface area contributed by atoms with Crippen LogP contribution in [0.4, 0.5) is 0 Å². The highest BCUT2D eigenvalue weighted by Gasteiger charge is 2.13. The Morgan fingerprint density at radius 2 is 1.42 bits per heavy atom. The molecule has 0 atom stereocenters. The summed E-state index contributed by atoms with van der Waals surface area (Å²) < 4.78 is 6.01. The van der Waals surface area contributed by atoms with Gasteiger partial charge in [0.15, 0.2) is 5.82 Å². The van der Waals surface area contributed by atoms with Crippen LogP contribution in [0.5, 0.6) is 5.88 Å². The van der Waals surface area contributed by atoms with Gasteiger partial charge in [-0.05, 0) is 30.3 Å². The minimum absolute atomic E-state index is 0.322. The number of hydrogen-bond donors (Lipinski definition) is 0. The molecule has 0 spiro atoms. The summed E-state index contributed by atoms with van der Waals surface area (Å²) in [6.07, 6.45) is 0. The molecule has 0 fully saturated rings. The van der Waals surface area contributed by atoms with Crippen molar-refractivity contribution < 1.29 is 4.74 Å². The van der Waals surface area contributed by atoms with Crippen molar-refractivity contribution in [1.82, 2.24) is 9.97 Å². The molecule has 3 aromatic carbocycles. The third kappa shape index (κ3) is 3.36. The minimum atomic E-state index is 0.322. The van der Waals surface area contributed by atoms with Crippen molar-refractivity contribution in [2.45, 2.75) is 6.61 Å². The molecule has 0 aliphatic heterocycles. The van der Waals surface area contributed by atoms with Gasteiger partial charge in [0, 0.05) is 16.1 Å². The maximum atomic E-state index is 6.32. The van der Waals surface area contributed by atoms with E-state index < -0.39 is 0 Å². The van der Waals surface area contributed by atoms with Gasteiger partial charge in [-0.25, -0.2) is 4.98 Å². The summed E-state index contributed by atoms with van der Waals surface area (Å²) in [7, 11) is 0. The van der Waals surface area contributed by atoms with E-state index in [1.165, 1.54) is 0 Å². The molecular formula is C21H14Cl2N2O. The van der Waals surface area contributed by atoms with Gasteiger partial charge in [-0.1, -0.05) is 65.7 Å². The lowest BCUT2D eigenvalue weighted by Crippen LogP contribution is -2.01. The second-order valence-electron chi connectivity index (χ2n) is 5.73. The zero-order chi connectivity index (χ0) is 17.9. The van der Waals surface area contributed by atoms with Gasteiger partial charge in [0.1, 0.15) is 6.61 Å². The zero-order valence-corrected chi connectivity index (χ0v) is 15.2. The lowest BCUT2D eigenvalue weighted by atomic mass is 10.2. The number of nitrogens with zero attached hydrogens (tertiary/aromatic N) is 2. The largest absolute Gasteiger partial charge is 0.472 e. The molecule has 4 aromatic rings. The second kappa shape index (κ2) is 7.32. The summed E-state index contributed by atoms with van der Waals surface area (Å²) in [6.45, 7) is 0.322. The Labute approximate surface area is 161 Å². The van der Waals surface area contributed by atoms with Crippen molar-refractivity contribution in [3.63, 3.8) is 0 Å². The van der Waals surface area contributed by atoms with Gasteiger partial charge in [-0.15, -0.1) is 0 Å². The summed E-state index contributed by atoms with van der Waals surface area (Å²) >= 11 is 12.5. The van der Waals surface area contributed by atoms with Crippen LogP contribution in [0.15, 0.2) is 72.8 Å². The lowest BCUT2D eigenvalue weighted by molar-refractivity contribution is 0.298. The van der Waals surface area contributed by atoms with E-state index in [0.29, 0.717) is 28.4 Å². The molecule has 26 heavy (non-hydrogen) atoms. The summed E-state index contributed by atoms with van der Waals surface area (Å²) in [4.78, 5) is 9.25. The van der Waals surface area contributed by atoms with E-state index in [1.807, 2.05) is 72.8 Å². The third-order valence-corrected chi connectivity index (χ3v) is 4.70. The van der Waals surface area contributed by atoms with Crippen LogP contribution in [0.2, 0.25) is 10.0 Å². The van der Waals surface area contributed by atoms with E-state index in [0.717, 1.165) is 22.0 Å². The first-order valence-corrected chi connectivity index (χ1v) is 8.86. The van der Waals surface area contributed by atoms with Crippen molar-refractivity contribution >= 4 is 34.1 Å². The zero-order valence-electron chi connectivity index (χ0n) is 13.7. The second-order valence-corrected chi connectivity index (χ2v) is 6.54. The van der Waals surface area contributed by atoms with Crippen LogP contribution < -0.4 is 4.74 Å². The highest BCUT2D eigenvalue weighted by Crippen LogP contribution is 2.30. The minimum Gasteiger partial charge on any atom is -0.472 e. The van der Waals surface area contributed by atoms with Crippen molar-refractivity contribution in [3.8, 4) is 17.3 Å². The van der Waals surface area contributed by atoms with Crippen LogP contribution in [0.3, 0.4) is 0 Å². The molecule has 0 aliphatic carbocycles. The number of rotatable bonds is 4. The van der Waals surface area contributed by atoms with Gasteiger partial charge in [0.25, 0.3) is 0 Å². The molecule has 0 amide bonds. The Morgan fingerprint density at radius 3 is 2.23 bits per heavy atom. The molecule has 0 N–H and O–H groups in total. The van der Waals surface area contributed by atoms with E-state index in [9.17, 15) is 0 Å². The maximum absolute atomic E-state index is 6.32. The molecule has 3 nitrogen and oxygen atoms in total. The molecule has 4 rings (SSSR count). The van der Waals surface area contributed by atoms with Crippen LogP contribution in [0.25, 0.3) is 22.3 Å². The van der Waals surface area contributed by atoms with E-state index in [-0.39, 0.29) is 0 Å². The monoisotopic (exact) mass is 380 g/mol. The van der Waals surface area contributed by atoms with Crippen LogP contribution in [-0.4, -0.2) is 9.97 Å². The fourth-order valence-corrected chi connectivity index (χ4v) is 3.09. The molecular weight excluding hydrogens is 367 g/mol. The molecule has 0 saturated carbocycles. The summed E-state index contributed by atoms with van der Waals surface area (Å²) in [5, 5.41) is 2.10. The first kappa shape index (κ1) is 16.8. The number of benzene rings is 3. The number of fused-ring (bicyclic) bond motifs is 1. The number of hydrogen-bond acceptors (Lipinski definition) is 3. The first-order valence-electron chi connectivity index (χ1n) is 8.10. The molecule has 0 bridgehead atoms. The average Bonchev–Trinajstić information content (AvgIpc) is 2.67. The quantitative estimate of drug-likeness (QED) is 0.423. The highest BCUT2D eigenvalue weighted by atomic mass is 35.5. The van der Waals surface area contributed by atoms with Crippen molar-refractivity contribution in [2.75, 3.05) is 0 Å². The fraction of sp³-hybridized carbons (Fsp3) is 0.0476. The Bertz CT molecular complexity index is 1080. The van der Waals surface area contributed by atoms with Gasteiger partial charge in [0.2, 0.25) is 5.88 Å². The highest BCUT2D eigenvalue weighted by molar-refractivity contribution is 6.33. The van der Waals surface area contributed by atoms with Crippen LogP contribution in [0, 0.1) is 0 Å². The third-order valence-electron chi connectivity index (χ3n) is 4.01. The van der Waals surface area contributed by atoms with Crippen LogP contribution in [-0.2, 0) is 6.61 Å². The van der Waals surface area contributed by atoms with Crippen LogP contribution in [0.1, 0.15) is 5.56 Å². The predicted octanol–water partition coefficient (Wildman–Crippen LogP) is 6.18. The number of aromatic nitrogens is 2. The molecule has 0 radical (unpaired) electrons. The number of ether oxygens (including phenoxy) is 1. The molecule has 0 saturated heterocycles. The molecule has 0 unspecified atom stereocenters. The standard InChI is InChI=1S/C21H14Cl2N2O/c22-17-10-4-1-7-14(17)13-26-21-16-9-3-6-12-19(16)24-20(25-21)15-8-2-5-11-18(15)23/h1-12H,13H2. The van der Waals surface area contributed by atoms with Crippen molar-refractivity contribution in [2.24, 2.45) is 0 Å². The molecule has 128 valence electrons. The smallest absolute Gasteiger partial charge is 0.225 e. The summed E-state index contributed by atoms with van der Waals surface area (Å²) in [6, 6.07) is 22.8. The van der Waals surface area contributed by atoms with Crippen LogP contribution >= 0.6 is 23.2 Å². The fourth-order valence-electron chi connectivity index (χ4n) is 2.68. The molecule has 0 aliphatic rings. The summed E-state index contributed by atoms with van der Waals surface area (Å²) in [5.74, 6) is 1.04. The van der Waals surface area contributed by atoms with Gasteiger partial charge in [0.05, 0.1) is 15.9 Å². The first-order chi connectivity index (χ1) is 12.7. The normalized spacial score (nSPS) is 10.8. The number of halogens is 2. The Balaban J connectivity index is 1.78. The van der Waals surface area contributed by atoms with Gasteiger partial charge < -0.3 is 4.74 Å².